The minimum atomic E-state index is 0.703. The highest BCUT2D eigenvalue weighted by atomic mass is 15.3. The first-order chi connectivity index (χ1) is 6.43. The van der Waals surface area contributed by atoms with Gasteiger partial charge >= 0.3 is 0 Å². The summed E-state index contributed by atoms with van der Waals surface area (Å²) in [4.78, 5) is 6.62. The molecule has 0 spiro atoms. The van der Waals surface area contributed by atoms with Crippen LogP contribution in [-0.4, -0.2) is 30.2 Å². The average molecular weight is 175 g/mol. The Bertz CT molecular complexity index is 298. The third-order valence-corrected chi connectivity index (χ3v) is 3.03. The van der Waals surface area contributed by atoms with Crippen molar-refractivity contribution < 1.29 is 0 Å². The van der Waals surface area contributed by atoms with E-state index in [1.165, 1.54) is 12.1 Å². The van der Waals surface area contributed by atoms with Crippen molar-refractivity contribution >= 4 is 5.69 Å². The molecule has 2 aliphatic heterocycles. The van der Waals surface area contributed by atoms with Crippen molar-refractivity contribution in [2.24, 2.45) is 0 Å². The van der Waals surface area contributed by atoms with Crippen molar-refractivity contribution in [3.05, 3.63) is 24.5 Å². The van der Waals surface area contributed by atoms with Gasteiger partial charge in [0.1, 0.15) is 0 Å². The predicted molar refractivity (Wildman–Crippen MR) is 51.8 cm³/mol. The van der Waals surface area contributed by atoms with Crippen LogP contribution in [0.2, 0.25) is 0 Å². The summed E-state index contributed by atoms with van der Waals surface area (Å²) in [6, 6.07) is 5.57. The van der Waals surface area contributed by atoms with E-state index in [2.05, 4.69) is 21.3 Å². The third kappa shape index (κ3) is 1.11. The van der Waals surface area contributed by atoms with E-state index in [0.717, 1.165) is 13.1 Å². The van der Waals surface area contributed by atoms with Gasteiger partial charge in [-0.15, -0.1) is 0 Å². The topological polar surface area (TPSA) is 28.2 Å². The maximum absolute atomic E-state index is 4.15. The van der Waals surface area contributed by atoms with Crippen molar-refractivity contribution in [1.29, 1.82) is 0 Å². The molecular weight excluding hydrogens is 162 g/mol. The first-order valence-corrected chi connectivity index (χ1v) is 4.83. The van der Waals surface area contributed by atoms with Gasteiger partial charge < -0.3 is 10.2 Å². The largest absolute Gasteiger partial charge is 0.364 e. The molecule has 0 aliphatic carbocycles. The van der Waals surface area contributed by atoms with Crippen LogP contribution >= 0.6 is 0 Å². The molecule has 3 heterocycles. The number of nitrogens with one attached hydrogen (secondary N) is 1. The Morgan fingerprint density at radius 3 is 3.15 bits per heavy atom. The van der Waals surface area contributed by atoms with Crippen LogP contribution in [0.1, 0.15) is 6.42 Å². The number of hydrogen-bond acceptors (Lipinski definition) is 3. The van der Waals surface area contributed by atoms with Crippen molar-refractivity contribution in [1.82, 2.24) is 10.3 Å². The van der Waals surface area contributed by atoms with E-state index in [9.17, 15) is 0 Å². The van der Waals surface area contributed by atoms with Crippen LogP contribution < -0.4 is 10.2 Å². The molecule has 2 unspecified atom stereocenters. The molecule has 13 heavy (non-hydrogen) atoms. The molecule has 2 saturated heterocycles. The Morgan fingerprint density at radius 1 is 1.54 bits per heavy atom. The van der Waals surface area contributed by atoms with Crippen molar-refractivity contribution in [2.75, 3.05) is 18.0 Å². The van der Waals surface area contributed by atoms with E-state index in [0.29, 0.717) is 12.1 Å². The van der Waals surface area contributed by atoms with E-state index < -0.39 is 0 Å². The Balaban J connectivity index is 1.87. The molecule has 0 amide bonds. The molecular formula is C10H13N3. The smallest absolute Gasteiger partial charge is 0.0556 e. The zero-order valence-corrected chi connectivity index (χ0v) is 7.48. The van der Waals surface area contributed by atoms with E-state index in [-0.39, 0.29) is 0 Å². The van der Waals surface area contributed by atoms with Crippen molar-refractivity contribution in [2.45, 2.75) is 18.5 Å². The lowest BCUT2D eigenvalue weighted by molar-refractivity contribution is 0.579. The highest BCUT2D eigenvalue weighted by Gasteiger charge is 2.37. The molecule has 3 rings (SSSR count). The molecule has 2 fully saturated rings. The fraction of sp³-hybridized carbons (Fsp3) is 0.500. The Morgan fingerprint density at radius 2 is 2.54 bits per heavy atom. The summed E-state index contributed by atoms with van der Waals surface area (Å²) in [6.07, 6.45) is 5.09. The van der Waals surface area contributed by atoms with Gasteiger partial charge in [-0.2, -0.15) is 0 Å². The normalized spacial score (nSPS) is 31.2. The molecule has 2 aliphatic rings. The van der Waals surface area contributed by atoms with Crippen LogP contribution in [0.3, 0.4) is 0 Å². The molecule has 0 radical (unpaired) electrons. The molecule has 2 atom stereocenters. The van der Waals surface area contributed by atoms with Crippen LogP contribution in [0.15, 0.2) is 24.5 Å². The van der Waals surface area contributed by atoms with Crippen molar-refractivity contribution in [3.8, 4) is 0 Å². The summed E-state index contributed by atoms with van der Waals surface area (Å²) >= 11 is 0. The number of hydrogen-bond donors (Lipinski definition) is 1. The second-order valence-electron chi connectivity index (χ2n) is 3.86. The van der Waals surface area contributed by atoms with Crippen LogP contribution in [0.25, 0.3) is 0 Å². The third-order valence-electron chi connectivity index (χ3n) is 3.03. The molecule has 1 aromatic heterocycles. The summed E-state index contributed by atoms with van der Waals surface area (Å²) in [5, 5.41) is 3.49. The standard InChI is InChI=1S/C10H13N3/c1-2-9(5-11-3-1)13-7-8-4-10(13)6-12-8/h1-3,5,8,10,12H,4,6-7H2. The van der Waals surface area contributed by atoms with Gasteiger partial charge in [-0.1, -0.05) is 0 Å². The predicted octanol–water partition coefficient (Wildman–Crippen LogP) is 0.632. The van der Waals surface area contributed by atoms with E-state index in [1.807, 2.05) is 18.5 Å². The van der Waals surface area contributed by atoms with Crippen LogP contribution in [0.5, 0.6) is 0 Å². The zero-order chi connectivity index (χ0) is 8.67. The zero-order valence-electron chi connectivity index (χ0n) is 7.48. The summed E-state index contributed by atoms with van der Waals surface area (Å²) < 4.78 is 0. The maximum atomic E-state index is 4.15. The van der Waals surface area contributed by atoms with Gasteiger partial charge in [0.05, 0.1) is 11.9 Å². The number of nitrogens with zero attached hydrogens (tertiary/aromatic N) is 2. The first-order valence-electron chi connectivity index (χ1n) is 4.83. The maximum Gasteiger partial charge on any atom is 0.0556 e. The summed E-state index contributed by atoms with van der Waals surface area (Å²) in [7, 11) is 0. The van der Waals surface area contributed by atoms with Crippen LogP contribution in [0.4, 0.5) is 5.69 Å². The molecule has 1 N–H and O–H groups in total. The fourth-order valence-electron chi connectivity index (χ4n) is 2.40. The van der Waals surface area contributed by atoms with Gasteiger partial charge in [0.2, 0.25) is 0 Å². The highest BCUT2D eigenvalue weighted by molar-refractivity contribution is 5.47. The molecule has 0 aromatic carbocycles. The first kappa shape index (κ1) is 7.33. The van der Waals surface area contributed by atoms with Gasteiger partial charge in [-0.05, 0) is 18.6 Å². The number of rotatable bonds is 1. The second-order valence-corrected chi connectivity index (χ2v) is 3.86. The number of anilines is 1. The molecule has 1 aromatic rings. The molecule has 68 valence electrons. The molecule has 3 nitrogen and oxygen atoms in total. The Kier molecular flexibility index (Phi) is 1.52. The van der Waals surface area contributed by atoms with Gasteiger partial charge in [0.25, 0.3) is 0 Å². The number of fused-ring (bicyclic) bond motifs is 2. The SMILES string of the molecule is c1cncc(N2CC3CC2CN3)c1. The quantitative estimate of drug-likeness (QED) is 0.678. The lowest BCUT2D eigenvalue weighted by atomic mass is 10.2. The minimum absolute atomic E-state index is 0.703. The fourth-order valence-corrected chi connectivity index (χ4v) is 2.40. The summed E-state index contributed by atoms with van der Waals surface area (Å²) in [5.41, 5.74) is 1.27. The minimum Gasteiger partial charge on any atom is -0.364 e. The van der Waals surface area contributed by atoms with E-state index >= 15 is 0 Å². The second kappa shape index (κ2) is 2.70. The monoisotopic (exact) mass is 175 g/mol. The Labute approximate surface area is 77.8 Å². The average Bonchev–Trinajstić information content (AvgIpc) is 2.80. The summed E-state index contributed by atoms with van der Waals surface area (Å²) in [5.74, 6) is 0. The van der Waals surface area contributed by atoms with E-state index in [1.54, 1.807) is 0 Å². The van der Waals surface area contributed by atoms with Crippen LogP contribution in [-0.2, 0) is 0 Å². The van der Waals surface area contributed by atoms with Crippen LogP contribution in [0, 0.1) is 0 Å². The lowest BCUT2D eigenvalue weighted by Gasteiger charge is -2.29. The Hall–Kier alpha value is -1.09. The summed E-state index contributed by atoms with van der Waals surface area (Å²) in [6.45, 7) is 2.29. The number of piperazine rings is 1. The highest BCUT2D eigenvalue weighted by Crippen LogP contribution is 2.28. The van der Waals surface area contributed by atoms with Gasteiger partial charge in [-0.25, -0.2) is 0 Å². The van der Waals surface area contributed by atoms with Crippen molar-refractivity contribution in [3.63, 3.8) is 0 Å². The molecule has 3 heteroatoms. The van der Waals surface area contributed by atoms with Gasteiger partial charge in [0, 0.05) is 31.4 Å². The lowest BCUT2D eigenvalue weighted by Crippen LogP contribution is -2.43. The molecule has 2 bridgehead atoms. The number of pyridine rings is 1. The van der Waals surface area contributed by atoms with Gasteiger partial charge in [-0.3, -0.25) is 4.98 Å². The van der Waals surface area contributed by atoms with E-state index in [4.69, 9.17) is 0 Å². The number of aromatic nitrogens is 1. The van der Waals surface area contributed by atoms with Gasteiger partial charge in [0.15, 0.2) is 0 Å². The molecule has 0 saturated carbocycles.